The van der Waals surface area contributed by atoms with Crippen LogP contribution >= 0.6 is 11.6 Å². The van der Waals surface area contributed by atoms with Crippen molar-refractivity contribution < 1.29 is 9.67 Å². The molecular weight excluding hydrogens is 398 g/mol. The number of nitrogens with one attached hydrogen (secondary N) is 2. The number of hydrogen-bond donors (Lipinski definition) is 3. The third-order valence-corrected chi connectivity index (χ3v) is 6.02. The molecule has 0 spiro atoms. The van der Waals surface area contributed by atoms with E-state index in [0.29, 0.717) is 5.02 Å². The van der Waals surface area contributed by atoms with Crippen LogP contribution in [0.2, 0.25) is 5.02 Å². The summed E-state index contributed by atoms with van der Waals surface area (Å²) in [5.41, 5.74) is -0.290. The summed E-state index contributed by atoms with van der Waals surface area (Å²) in [6.07, 6.45) is 5.37. The molecule has 4 rings (SSSR count). The van der Waals surface area contributed by atoms with Crippen LogP contribution in [-0.2, 0) is 0 Å². The van der Waals surface area contributed by atoms with Gasteiger partial charge in [-0.15, -0.1) is 0 Å². The van der Waals surface area contributed by atoms with Gasteiger partial charge in [0.15, 0.2) is 12.4 Å². The maximum Gasteiger partial charge on any atom is 0.216 e. The summed E-state index contributed by atoms with van der Waals surface area (Å²) in [5, 5.41) is 42.7. The molecule has 6 nitrogen and oxygen atoms in total. The number of aromatic nitrogens is 1. The van der Waals surface area contributed by atoms with E-state index in [1.165, 1.54) is 0 Å². The monoisotopic (exact) mass is 416 g/mol. The number of benzene rings is 1. The highest BCUT2D eigenvalue weighted by Gasteiger charge is 2.61. The first-order valence-corrected chi connectivity index (χ1v) is 9.97. The summed E-state index contributed by atoms with van der Waals surface area (Å²) < 4.78 is 1.90. The zero-order valence-corrected chi connectivity index (χ0v) is 16.8. The van der Waals surface area contributed by atoms with E-state index in [-0.39, 0.29) is 22.8 Å². The quantitative estimate of drug-likeness (QED) is 0.404. The zero-order valence-electron chi connectivity index (χ0n) is 16.0. The molecule has 2 aliphatic rings. The van der Waals surface area contributed by atoms with Gasteiger partial charge < -0.3 is 10.4 Å². The van der Waals surface area contributed by atoms with Crippen molar-refractivity contribution in [2.45, 2.75) is 30.5 Å². The van der Waals surface area contributed by atoms with Crippen LogP contribution in [0.15, 0.2) is 71.7 Å². The minimum Gasteiger partial charge on any atom is -0.365 e. The Morgan fingerprint density at radius 1 is 1.17 bits per heavy atom. The maximum atomic E-state index is 11.9. The lowest BCUT2D eigenvalue weighted by atomic mass is 9.74. The van der Waals surface area contributed by atoms with E-state index in [4.69, 9.17) is 17.0 Å². The Hall–Kier alpha value is -3.41. The first-order valence-electron chi connectivity index (χ1n) is 9.59. The smallest absolute Gasteiger partial charge is 0.216 e. The second kappa shape index (κ2) is 7.78. The van der Waals surface area contributed by atoms with Crippen LogP contribution in [0.5, 0.6) is 0 Å². The first kappa shape index (κ1) is 19.9. The summed E-state index contributed by atoms with van der Waals surface area (Å²) in [6.45, 7) is 0. The highest BCUT2D eigenvalue weighted by atomic mass is 35.5. The number of nitrogens with zero attached hydrogens (tertiary/aromatic N) is 3. The molecule has 0 amide bonds. The topological polar surface area (TPSA) is 108 Å². The molecular formula is C23H19ClN5O+. The lowest BCUT2D eigenvalue weighted by Crippen LogP contribution is -2.66. The van der Waals surface area contributed by atoms with Gasteiger partial charge >= 0.3 is 0 Å². The van der Waals surface area contributed by atoms with Gasteiger partial charge in [-0.2, -0.15) is 15.1 Å². The predicted octanol–water partition coefficient (Wildman–Crippen LogP) is 3.13. The number of hydrogen-bond acceptors (Lipinski definition) is 5. The van der Waals surface area contributed by atoms with Gasteiger partial charge in [-0.1, -0.05) is 29.8 Å². The molecule has 1 saturated carbocycles. The molecule has 2 heterocycles. The zero-order chi connectivity index (χ0) is 21.3. The summed E-state index contributed by atoms with van der Waals surface area (Å²) in [4.78, 5) is 0. The van der Waals surface area contributed by atoms with Crippen molar-refractivity contribution in [2.75, 3.05) is 0 Å². The van der Waals surface area contributed by atoms with Gasteiger partial charge in [0.2, 0.25) is 11.8 Å². The molecule has 2 aromatic rings. The molecule has 0 saturated heterocycles. The molecule has 1 aliphatic heterocycles. The Morgan fingerprint density at radius 3 is 2.37 bits per heavy atom. The van der Waals surface area contributed by atoms with Crippen molar-refractivity contribution in [1.82, 2.24) is 5.32 Å². The number of allylic oxidation sites excluding steroid dienone is 2. The van der Waals surface area contributed by atoms with Crippen molar-refractivity contribution in [3.8, 4) is 12.1 Å². The van der Waals surface area contributed by atoms with Crippen LogP contribution in [-0.4, -0.2) is 16.7 Å². The van der Waals surface area contributed by atoms with Crippen molar-refractivity contribution >= 4 is 17.5 Å². The fourth-order valence-electron chi connectivity index (χ4n) is 4.26. The lowest BCUT2D eigenvalue weighted by Gasteiger charge is -2.43. The van der Waals surface area contributed by atoms with Gasteiger partial charge in [0.1, 0.15) is 11.6 Å². The second-order valence-electron chi connectivity index (χ2n) is 7.53. The van der Waals surface area contributed by atoms with Crippen LogP contribution in [0, 0.1) is 34.0 Å². The molecule has 0 bridgehead atoms. The molecule has 1 aromatic carbocycles. The predicted molar refractivity (Wildman–Crippen MR) is 110 cm³/mol. The highest BCUT2D eigenvalue weighted by molar-refractivity contribution is 6.30. The van der Waals surface area contributed by atoms with E-state index < -0.39 is 17.7 Å². The van der Waals surface area contributed by atoms with E-state index in [2.05, 4.69) is 17.3 Å². The average Bonchev–Trinajstić information content (AvgIpc) is 3.61. The molecule has 1 fully saturated rings. The Labute approximate surface area is 179 Å². The molecule has 148 valence electrons. The number of halogens is 1. The molecule has 0 radical (unpaired) electrons. The third kappa shape index (κ3) is 3.28. The SMILES string of the molecule is N#CC(=C=N)C1=C(C#N)[C@@H](c2ccc(Cl)cc2)[C@@H]([n+]2ccccc2)[C@@](O)(C2CC2)N1. The standard InChI is InChI=1S/C23H19ClN5O/c24-18-8-4-15(5-9-18)20-19(14-27)21(16(12-25)13-26)28-23(30,17-6-7-17)22(20)29-10-2-1-3-11-29/h1-5,8-11,17,20,22,25,28,30H,6-7H2/q+1/t20-,22-,23+/m1/s1. The number of rotatable bonds is 4. The summed E-state index contributed by atoms with van der Waals surface area (Å²) in [7, 11) is 0. The van der Waals surface area contributed by atoms with Gasteiger partial charge in [0.05, 0.1) is 23.3 Å². The number of nitriles is 2. The van der Waals surface area contributed by atoms with Crippen LogP contribution in [0.3, 0.4) is 0 Å². The van der Waals surface area contributed by atoms with Crippen LogP contribution < -0.4 is 9.88 Å². The molecule has 3 atom stereocenters. The van der Waals surface area contributed by atoms with Gasteiger partial charge in [-0.3, -0.25) is 5.41 Å². The summed E-state index contributed by atoms with van der Waals surface area (Å²) in [5.74, 6) is 1.51. The van der Waals surface area contributed by atoms with Gasteiger partial charge in [0, 0.05) is 23.1 Å². The highest BCUT2D eigenvalue weighted by Crippen LogP contribution is 2.52. The van der Waals surface area contributed by atoms with Crippen LogP contribution in [0.25, 0.3) is 0 Å². The lowest BCUT2D eigenvalue weighted by molar-refractivity contribution is -0.742. The normalized spacial score (nSPS) is 25.5. The number of pyridine rings is 1. The second-order valence-corrected chi connectivity index (χ2v) is 7.97. The van der Waals surface area contributed by atoms with Gasteiger partial charge in [-0.05, 0) is 36.4 Å². The fraction of sp³-hybridized carbons (Fsp3) is 0.261. The summed E-state index contributed by atoms with van der Waals surface area (Å²) in [6, 6.07) is 16.4. The van der Waals surface area contributed by atoms with Crippen molar-refractivity contribution in [2.24, 2.45) is 5.92 Å². The van der Waals surface area contributed by atoms with Gasteiger partial charge in [-0.25, -0.2) is 0 Å². The van der Waals surface area contributed by atoms with Crippen molar-refractivity contribution in [3.05, 3.63) is 82.3 Å². The third-order valence-electron chi connectivity index (χ3n) is 5.77. The molecule has 1 aromatic heterocycles. The largest absolute Gasteiger partial charge is 0.365 e. The molecule has 7 heteroatoms. The molecule has 3 N–H and O–H groups in total. The number of aliphatic hydroxyl groups is 1. The summed E-state index contributed by atoms with van der Waals surface area (Å²) >= 11 is 6.09. The van der Waals surface area contributed by atoms with E-state index in [1.807, 2.05) is 53.4 Å². The fourth-order valence-corrected chi connectivity index (χ4v) is 4.39. The van der Waals surface area contributed by atoms with Crippen LogP contribution in [0.4, 0.5) is 0 Å². The van der Waals surface area contributed by atoms with E-state index in [1.54, 1.807) is 12.1 Å². The maximum absolute atomic E-state index is 11.9. The Kier molecular flexibility index (Phi) is 5.16. The average molecular weight is 417 g/mol. The van der Waals surface area contributed by atoms with Crippen molar-refractivity contribution in [3.63, 3.8) is 0 Å². The molecule has 0 unspecified atom stereocenters. The van der Waals surface area contributed by atoms with Crippen LogP contribution in [0.1, 0.15) is 30.4 Å². The molecule has 1 aliphatic carbocycles. The van der Waals surface area contributed by atoms with Crippen molar-refractivity contribution in [1.29, 1.82) is 15.9 Å². The Balaban J connectivity index is 2.03. The van der Waals surface area contributed by atoms with Gasteiger partial charge in [0.25, 0.3) is 0 Å². The first-order chi connectivity index (χ1) is 14.5. The van der Waals surface area contributed by atoms with E-state index in [0.717, 1.165) is 18.4 Å². The minimum atomic E-state index is -1.41. The minimum absolute atomic E-state index is 0.0501. The van der Waals surface area contributed by atoms with E-state index in [9.17, 15) is 15.6 Å². The Bertz CT molecular complexity index is 1130. The molecule has 30 heavy (non-hydrogen) atoms. The van der Waals surface area contributed by atoms with E-state index >= 15 is 0 Å². The Morgan fingerprint density at radius 2 is 1.83 bits per heavy atom.